The number of hydrogen-bond acceptors (Lipinski definition) is 3. The Labute approximate surface area is 114 Å². The second-order valence-corrected chi connectivity index (χ2v) is 5.03. The minimum atomic E-state index is 0.0923. The van der Waals surface area contributed by atoms with Gasteiger partial charge < -0.3 is 15.8 Å². The van der Waals surface area contributed by atoms with Gasteiger partial charge in [0.05, 0.1) is 6.61 Å². The van der Waals surface area contributed by atoms with Crippen molar-refractivity contribution in [2.24, 2.45) is 5.73 Å². The Morgan fingerprint density at radius 3 is 3.05 bits per heavy atom. The summed E-state index contributed by atoms with van der Waals surface area (Å²) in [7, 11) is 0. The fourth-order valence-electron chi connectivity index (χ4n) is 2.19. The van der Waals surface area contributed by atoms with E-state index in [9.17, 15) is 4.79 Å². The van der Waals surface area contributed by atoms with E-state index in [1.807, 2.05) is 18.2 Å². The fraction of sp³-hybridized carbons (Fsp3) is 0.533. The van der Waals surface area contributed by atoms with Crippen molar-refractivity contribution in [1.82, 2.24) is 0 Å². The van der Waals surface area contributed by atoms with E-state index in [1.165, 1.54) is 0 Å². The van der Waals surface area contributed by atoms with Crippen LogP contribution in [0.1, 0.15) is 38.2 Å². The van der Waals surface area contributed by atoms with Crippen LogP contribution in [0.3, 0.4) is 0 Å². The Hall–Kier alpha value is -1.55. The van der Waals surface area contributed by atoms with Crippen LogP contribution in [0, 0.1) is 0 Å². The van der Waals surface area contributed by atoms with Crippen LogP contribution in [-0.4, -0.2) is 18.6 Å². The molecule has 0 aromatic heterocycles. The first-order valence-corrected chi connectivity index (χ1v) is 7.00. The summed E-state index contributed by atoms with van der Waals surface area (Å²) in [5, 5.41) is 2.87. The molecule has 0 fully saturated rings. The molecule has 0 saturated heterocycles. The molecule has 0 bridgehead atoms. The van der Waals surface area contributed by atoms with Gasteiger partial charge in [0.15, 0.2) is 0 Å². The maximum absolute atomic E-state index is 11.3. The van der Waals surface area contributed by atoms with Gasteiger partial charge in [0.25, 0.3) is 0 Å². The number of carbonyl (C=O) groups excluding carboxylic acids is 1. The van der Waals surface area contributed by atoms with Gasteiger partial charge in [-0.1, -0.05) is 6.92 Å². The number of benzene rings is 1. The molecule has 19 heavy (non-hydrogen) atoms. The topological polar surface area (TPSA) is 64.3 Å². The van der Waals surface area contributed by atoms with Crippen LogP contribution in [0.5, 0.6) is 5.75 Å². The second-order valence-electron chi connectivity index (χ2n) is 5.03. The van der Waals surface area contributed by atoms with Crippen molar-refractivity contribution in [1.29, 1.82) is 0 Å². The molecule has 1 heterocycles. The van der Waals surface area contributed by atoms with Crippen molar-refractivity contribution in [3.63, 3.8) is 0 Å². The number of amides is 1. The van der Waals surface area contributed by atoms with Gasteiger partial charge in [0, 0.05) is 18.2 Å². The van der Waals surface area contributed by atoms with Gasteiger partial charge in [0.2, 0.25) is 5.91 Å². The first-order valence-electron chi connectivity index (χ1n) is 7.00. The van der Waals surface area contributed by atoms with E-state index in [0.29, 0.717) is 13.0 Å². The van der Waals surface area contributed by atoms with Crippen molar-refractivity contribution < 1.29 is 9.53 Å². The number of ether oxygens (including phenoxy) is 1. The van der Waals surface area contributed by atoms with Crippen LogP contribution in [0.15, 0.2) is 18.2 Å². The second kappa shape index (κ2) is 6.57. The molecule has 1 unspecified atom stereocenters. The molecule has 4 nitrogen and oxygen atoms in total. The third-order valence-electron chi connectivity index (χ3n) is 3.48. The van der Waals surface area contributed by atoms with E-state index in [2.05, 4.69) is 12.2 Å². The Kier molecular flexibility index (Phi) is 4.80. The molecule has 1 aliphatic heterocycles. The Balaban J connectivity index is 1.83. The summed E-state index contributed by atoms with van der Waals surface area (Å²) >= 11 is 0. The van der Waals surface area contributed by atoms with Crippen molar-refractivity contribution in [2.75, 3.05) is 11.9 Å². The summed E-state index contributed by atoms with van der Waals surface area (Å²) in [6.45, 7) is 2.79. The zero-order valence-electron chi connectivity index (χ0n) is 11.4. The third-order valence-corrected chi connectivity index (χ3v) is 3.48. The van der Waals surface area contributed by atoms with Crippen LogP contribution < -0.4 is 15.8 Å². The Morgan fingerprint density at radius 2 is 2.26 bits per heavy atom. The van der Waals surface area contributed by atoms with Crippen LogP contribution in [0.25, 0.3) is 0 Å². The molecule has 0 aliphatic carbocycles. The highest BCUT2D eigenvalue weighted by Crippen LogP contribution is 2.26. The molecule has 1 aromatic rings. The molecule has 104 valence electrons. The van der Waals surface area contributed by atoms with Gasteiger partial charge >= 0.3 is 0 Å². The molecule has 4 heteroatoms. The SMILES string of the molecule is CCC(N)CCCOc1ccc2c(c1)CCC(=O)N2. The van der Waals surface area contributed by atoms with Gasteiger partial charge in [-0.3, -0.25) is 4.79 Å². The quantitative estimate of drug-likeness (QED) is 0.774. The maximum atomic E-state index is 11.3. The predicted molar refractivity (Wildman–Crippen MR) is 76.4 cm³/mol. The Morgan fingerprint density at radius 1 is 1.42 bits per heavy atom. The molecule has 0 saturated carbocycles. The number of fused-ring (bicyclic) bond motifs is 1. The van der Waals surface area contributed by atoms with Gasteiger partial charge in [-0.25, -0.2) is 0 Å². The zero-order valence-corrected chi connectivity index (χ0v) is 11.4. The molecule has 1 atom stereocenters. The van der Waals surface area contributed by atoms with Crippen LogP contribution in [0.2, 0.25) is 0 Å². The summed E-state index contributed by atoms with van der Waals surface area (Å²) in [5.74, 6) is 0.967. The molecule has 1 aliphatic rings. The molecule has 1 amide bonds. The molecule has 0 radical (unpaired) electrons. The molecule has 2 rings (SSSR count). The summed E-state index contributed by atoms with van der Waals surface area (Å²) in [4.78, 5) is 11.3. The summed E-state index contributed by atoms with van der Waals surface area (Å²) in [6, 6.07) is 6.13. The van der Waals surface area contributed by atoms with E-state index < -0.39 is 0 Å². The smallest absolute Gasteiger partial charge is 0.224 e. The first kappa shape index (κ1) is 13.9. The normalized spacial score (nSPS) is 15.6. The average Bonchev–Trinajstić information content (AvgIpc) is 2.43. The highest BCUT2D eigenvalue weighted by Gasteiger charge is 2.14. The summed E-state index contributed by atoms with van der Waals surface area (Å²) in [6.07, 6.45) is 4.33. The number of rotatable bonds is 6. The molecule has 3 N–H and O–H groups in total. The number of hydrogen-bond donors (Lipinski definition) is 2. The van der Waals surface area contributed by atoms with Gasteiger partial charge in [-0.05, 0) is 49.4 Å². The zero-order chi connectivity index (χ0) is 13.7. The minimum Gasteiger partial charge on any atom is -0.494 e. The number of nitrogens with one attached hydrogen (secondary N) is 1. The van der Waals surface area contributed by atoms with Crippen LogP contribution in [0.4, 0.5) is 5.69 Å². The summed E-state index contributed by atoms with van der Waals surface area (Å²) < 4.78 is 5.73. The van der Waals surface area contributed by atoms with E-state index in [0.717, 1.165) is 42.7 Å². The molecule has 0 spiro atoms. The standard InChI is InChI=1S/C15H22N2O2/c1-2-12(16)4-3-9-19-13-6-7-14-11(10-13)5-8-15(18)17-14/h6-7,10,12H,2-5,8-9,16H2,1H3,(H,17,18). The van der Waals surface area contributed by atoms with Gasteiger partial charge in [-0.2, -0.15) is 0 Å². The number of carbonyl (C=O) groups is 1. The monoisotopic (exact) mass is 262 g/mol. The lowest BCUT2D eigenvalue weighted by Crippen LogP contribution is -2.19. The van der Waals surface area contributed by atoms with Crippen LogP contribution in [-0.2, 0) is 11.2 Å². The number of nitrogens with two attached hydrogens (primary N) is 1. The number of anilines is 1. The first-order chi connectivity index (χ1) is 9.19. The van der Waals surface area contributed by atoms with Gasteiger partial charge in [0.1, 0.15) is 5.75 Å². The molecule has 1 aromatic carbocycles. The van der Waals surface area contributed by atoms with E-state index in [4.69, 9.17) is 10.5 Å². The summed E-state index contributed by atoms with van der Waals surface area (Å²) in [5.41, 5.74) is 7.93. The highest BCUT2D eigenvalue weighted by molar-refractivity contribution is 5.93. The molecular formula is C15H22N2O2. The lowest BCUT2D eigenvalue weighted by atomic mass is 10.0. The third kappa shape index (κ3) is 3.96. The lowest BCUT2D eigenvalue weighted by molar-refractivity contribution is -0.116. The van der Waals surface area contributed by atoms with Crippen molar-refractivity contribution >= 4 is 11.6 Å². The van der Waals surface area contributed by atoms with E-state index in [1.54, 1.807) is 0 Å². The highest BCUT2D eigenvalue weighted by atomic mass is 16.5. The predicted octanol–water partition coefficient (Wildman–Crippen LogP) is 2.47. The Bertz CT molecular complexity index is 446. The molecular weight excluding hydrogens is 240 g/mol. The van der Waals surface area contributed by atoms with Crippen molar-refractivity contribution in [3.05, 3.63) is 23.8 Å². The van der Waals surface area contributed by atoms with Crippen LogP contribution >= 0.6 is 0 Å². The van der Waals surface area contributed by atoms with E-state index >= 15 is 0 Å². The maximum Gasteiger partial charge on any atom is 0.224 e. The fourth-order valence-corrected chi connectivity index (χ4v) is 2.19. The van der Waals surface area contributed by atoms with Gasteiger partial charge in [-0.15, -0.1) is 0 Å². The largest absolute Gasteiger partial charge is 0.494 e. The lowest BCUT2D eigenvalue weighted by Gasteiger charge is -2.17. The van der Waals surface area contributed by atoms with Crippen molar-refractivity contribution in [3.8, 4) is 5.75 Å². The van der Waals surface area contributed by atoms with Crippen molar-refractivity contribution in [2.45, 2.75) is 45.1 Å². The minimum absolute atomic E-state index is 0.0923. The van der Waals surface area contributed by atoms with E-state index in [-0.39, 0.29) is 11.9 Å². The number of aryl methyl sites for hydroxylation is 1. The average molecular weight is 262 g/mol.